The molecule has 0 aromatic heterocycles. The minimum absolute atomic E-state index is 0.0396. The summed E-state index contributed by atoms with van der Waals surface area (Å²) >= 11 is 0. The molecule has 2 aromatic carbocycles. The number of nitrogens with zero attached hydrogens (tertiary/aromatic N) is 1. The number of ether oxygens (including phenoxy) is 3. The van der Waals surface area contributed by atoms with Gasteiger partial charge in [0, 0.05) is 48.4 Å². The second kappa shape index (κ2) is 11.4. The van der Waals surface area contributed by atoms with Crippen molar-refractivity contribution in [3.63, 3.8) is 0 Å². The molecule has 14 nitrogen and oxygen atoms in total. The molecular formula is C31H35NO13S. The maximum Gasteiger partial charge on any atom is 0.267 e. The van der Waals surface area contributed by atoms with Crippen LogP contribution in [0, 0.1) is 0 Å². The first kappa shape index (κ1) is 32.5. The van der Waals surface area contributed by atoms with Crippen LogP contribution in [0.4, 0.5) is 0 Å². The summed E-state index contributed by atoms with van der Waals surface area (Å²) in [6.07, 6.45) is -6.52. The number of aliphatic hydroxyl groups is 2. The maximum atomic E-state index is 13.8. The van der Waals surface area contributed by atoms with Crippen molar-refractivity contribution in [3.8, 4) is 17.2 Å². The molecule has 1 unspecified atom stereocenters. The van der Waals surface area contributed by atoms with Gasteiger partial charge in [0.2, 0.25) is 5.78 Å². The Balaban J connectivity index is 1.44. The van der Waals surface area contributed by atoms with Gasteiger partial charge in [-0.25, -0.2) is 0 Å². The van der Waals surface area contributed by atoms with Crippen LogP contribution in [-0.2, 0) is 35.0 Å². The number of aromatic hydroxyl groups is 2. The molecule has 6 rings (SSSR count). The number of carbonyl (C=O) groups excluding carboxylic acids is 3. The highest BCUT2D eigenvalue weighted by Crippen LogP contribution is 2.52. The molecule has 2 heterocycles. The van der Waals surface area contributed by atoms with E-state index in [4.69, 9.17) is 18.4 Å². The van der Waals surface area contributed by atoms with Crippen molar-refractivity contribution >= 4 is 27.5 Å². The van der Waals surface area contributed by atoms with Gasteiger partial charge in [-0.15, -0.1) is 0 Å². The predicted molar refractivity (Wildman–Crippen MR) is 157 cm³/mol. The molecule has 0 amide bonds. The van der Waals surface area contributed by atoms with Crippen LogP contribution in [0.25, 0.3) is 0 Å². The lowest BCUT2D eigenvalue weighted by Crippen LogP contribution is -2.59. The average Bonchev–Trinajstić information content (AvgIpc) is 3.00. The lowest BCUT2D eigenvalue weighted by atomic mass is 9.72. The van der Waals surface area contributed by atoms with E-state index in [0.717, 1.165) is 6.92 Å². The van der Waals surface area contributed by atoms with E-state index in [1.54, 1.807) is 18.9 Å². The molecule has 4 aliphatic rings. The number of carbonyl (C=O) groups is 3. The number of rotatable bonds is 4. The van der Waals surface area contributed by atoms with Gasteiger partial charge in [0.25, 0.3) is 10.1 Å². The average molecular weight is 662 g/mol. The molecule has 7 atom stereocenters. The fourth-order valence-corrected chi connectivity index (χ4v) is 8.24. The molecule has 4 N–H and O–H groups in total. The zero-order valence-corrected chi connectivity index (χ0v) is 26.4. The van der Waals surface area contributed by atoms with Gasteiger partial charge < -0.3 is 34.6 Å². The summed E-state index contributed by atoms with van der Waals surface area (Å²) in [5.41, 5.74) is -3.43. The fraction of sp³-hybridized carbons (Fsp3) is 0.516. The van der Waals surface area contributed by atoms with Crippen molar-refractivity contribution < 1.29 is 61.6 Å². The van der Waals surface area contributed by atoms with Gasteiger partial charge in [0.05, 0.1) is 41.8 Å². The standard InChI is InChI=1S/C31H35NO13S/c1-13-30-17(32(3)20(34)8-9-46(40,41)45-30)10-21(43-13)44-19-12-31(39,14(2)33)11-16-23(19)29(38)25-24(27(16)36)26(35)15-6-5-7-18(42-4)22(15)28(25)37/h5-7,13,17,19-21,30,34,36,38-39H,8-12H2,1-4H3/t13-,17-,19-,20?,21-,30+,31-/m0/s1. The third kappa shape index (κ3) is 5.10. The molecule has 2 fully saturated rings. The SMILES string of the molecule is COc1cccc2c1C(=O)c1c(O)c3c(c(O)c1C2=O)C[C@@](O)(C(C)=O)C[C@@H]3O[C@H]1C[C@H]2[C@H](OS(=O)(=O)CCC(O)N2C)[C@H](C)O1. The van der Waals surface area contributed by atoms with Crippen molar-refractivity contribution in [2.45, 2.75) is 82.0 Å². The van der Waals surface area contributed by atoms with Crippen molar-refractivity contribution in [1.82, 2.24) is 4.90 Å². The second-order valence-corrected chi connectivity index (χ2v) is 14.0. The Morgan fingerprint density at radius 3 is 2.48 bits per heavy atom. The summed E-state index contributed by atoms with van der Waals surface area (Å²) in [6.45, 7) is 2.72. The molecule has 46 heavy (non-hydrogen) atoms. The molecule has 0 radical (unpaired) electrons. The zero-order valence-electron chi connectivity index (χ0n) is 25.6. The Morgan fingerprint density at radius 2 is 1.80 bits per heavy atom. The summed E-state index contributed by atoms with van der Waals surface area (Å²) in [5, 5.41) is 45.3. The van der Waals surface area contributed by atoms with Crippen molar-refractivity contribution in [1.29, 1.82) is 0 Å². The summed E-state index contributed by atoms with van der Waals surface area (Å²) in [7, 11) is -1.05. The smallest absolute Gasteiger partial charge is 0.267 e. The molecule has 0 saturated carbocycles. The van der Waals surface area contributed by atoms with Crippen LogP contribution in [0.3, 0.4) is 0 Å². The van der Waals surface area contributed by atoms with Crippen LogP contribution in [0.2, 0.25) is 0 Å². The van der Waals surface area contributed by atoms with Crippen LogP contribution in [0.1, 0.15) is 82.2 Å². The Hall–Kier alpha value is -3.44. The van der Waals surface area contributed by atoms with Gasteiger partial charge in [-0.1, -0.05) is 12.1 Å². The third-order valence-electron chi connectivity index (χ3n) is 9.57. The molecule has 15 heteroatoms. The van der Waals surface area contributed by atoms with Crippen molar-refractivity contribution in [2.24, 2.45) is 0 Å². The van der Waals surface area contributed by atoms with E-state index in [0.29, 0.717) is 0 Å². The number of aliphatic hydroxyl groups excluding tert-OH is 1. The number of fused-ring (bicyclic) bond motifs is 4. The first-order chi connectivity index (χ1) is 21.6. The minimum Gasteiger partial charge on any atom is -0.507 e. The Morgan fingerprint density at radius 1 is 1.11 bits per heavy atom. The zero-order chi connectivity index (χ0) is 33.5. The largest absolute Gasteiger partial charge is 0.507 e. The molecule has 0 spiro atoms. The topological polar surface area (TPSA) is 206 Å². The normalized spacial score (nSPS) is 32.3. The van der Waals surface area contributed by atoms with Gasteiger partial charge >= 0.3 is 0 Å². The first-order valence-electron chi connectivity index (χ1n) is 14.8. The molecule has 2 aromatic rings. The van der Waals surface area contributed by atoms with Gasteiger partial charge in [0.15, 0.2) is 17.9 Å². The number of Topliss-reactive ketones (excluding diaryl/α,β-unsaturated/α-hetero) is 1. The molecule has 2 aliphatic carbocycles. The van der Waals surface area contributed by atoms with Crippen LogP contribution in [0.15, 0.2) is 18.2 Å². The van der Waals surface area contributed by atoms with Crippen LogP contribution in [-0.4, -0.2) is 107 Å². The first-order valence-corrected chi connectivity index (χ1v) is 16.4. The lowest BCUT2D eigenvalue weighted by Gasteiger charge is -2.47. The van der Waals surface area contributed by atoms with E-state index in [-0.39, 0.29) is 46.6 Å². The molecular weight excluding hydrogens is 626 g/mol. The Kier molecular flexibility index (Phi) is 8.03. The highest BCUT2D eigenvalue weighted by molar-refractivity contribution is 7.86. The van der Waals surface area contributed by atoms with E-state index in [2.05, 4.69) is 0 Å². The van der Waals surface area contributed by atoms with Crippen LogP contribution < -0.4 is 4.74 Å². The minimum atomic E-state index is -3.97. The number of hydrogen-bond acceptors (Lipinski definition) is 14. The van der Waals surface area contributed by atoms with Crippen LogP contribution in [0.5, 0.6) is 17.2 Å². The van der Waals surface area contributed by atoms with E-state index >= 15 is 0 Å². The number of phenolic OH excluding ortho intramolecular Hbond substituents is 2. The number of likely N-dealkylation sites (N-methyl/N-ethyl adjacent to an activating group) is 1. The lowest BCUT2D eigenvalue weighted by molar-refractivity contribution is -0.259. The number of methoxy groups -OCH3 is 1. The highest BCUT2D eigenvalue weighted by atomic mass is 32.2. The fourth-order valence-electron chi connectivity index (χ4n) is 7.02. The van der Waals surface area contributed by atoms with Gasteiger partial charge in [-0.3, -0.25) is 23.5 Å². The molecule has 248 valence electrons. The molecule has 2 saturated heterocycles. The summed E-state index contributed by atoms with van der Waals surface area (Å²) in [6, 6.07) is 3.66. The van der Waals surface area contributed by atoms with Gasteiger partial charge in [-0.2, -0.15) is 8.42 Å². The Bertz CT molecular complexity index is 1760. The molecule has 2 aliphatic heterocycles. The summed E-state index contributed by atoms with van der Waals surface area (Å²) in [4.78, 5) is 41.8. The molecule has 0 bridgehead atoms. The monoisotopic (exact) mass is 661 g/mol. The number of ketones is 3. The van der Waals surface area contributed by atoms with Gasteiger partial charge in [0.1, 0.15) is 35.2 Å². The van der Waals surface area contributed by atoms with Crippen LogP contribution >= 0.6 is 0 Å². The predicted octanol–water partition coefficient (Wildman–Crippen LogP) is 1.08. The van der Waals surface area contributed by atoms with Crippen molar-refractivity contribution in [2.75, 3.05) is 19.9 Å². The second-order valence-electron chi connectivity index (χ2n) is 12.3. The van der Waals surface area contributed by atoms with E-state index in [1.807, 2.05) is 0 Å². The van der Waals surface area contributed by atoms with E-state index < -0.39 is 105 Å². The Labute approximate surface area is 264 Å². The third-order valence-corrected chi connectivity index (χ3v) is 10.8. The summed E-state index contributed by atoms with van der Waals surface area (Å²) < 4.78 is 48.0. The van der Waals surface area contributed by atoms with E-state index in [1.165, 1.54) is 25.3 Å². The number of phenols is 2. The highest BCUT2D eigenvalue weighted by Gasteiger charge is 2.51. The van der Waals surface area contributed by atoms with Crippen molar-refractivity contribution in [3.05, 3.63) is 51.6 Å². The quantitative estimate of drug-likeness (QED) is 0.228. The van der Waals surface area contributed by atoms with E-state index in [9.17, 15) is 43.2 Å². The summed E-state index contributed by atoms with van der Waals surface area (Å²) in [5.74, 6) is -3.85. The van der Waals surface area contributed by atoms with Gasteiger partial charge in [-0.05, 0) is 27.0 Å². The number of benzene rings is 2. The number of hydrogen-bond donors (Lipinski definition) is 4. The maximum absolute atomic E-state index is 13.8.